The molecule has 2 aliphatic rings. The zero-order valence-corrected chi connectivity index (χ0v) is 12.6. The highest BCUT2D eigenvalue weighted by atomic mass is 32.1. The quantitative estimate of drug-likeness (QED) is 0.506. The van der Waals surface area contributed by atoms with E-state index in [1.165, 1.54) is 0 Å². The molecule has 0 bridgehead atoms. The molecule has 2 aliphatic heterocycles. The highest BCUT2D eigenvalue weighted by Gasteiger charge is 2.32. The number of rotatable bonds is 1. The lowest BCUT2D eigenvalue weighted by molar-refractivity contribution is -0.135. The molecule has 0 spiro atoms. The Bertz CT molecular complexity index is 952. The van der Waals surface area contributed by atoms with Gasteiger partial charge < -0.3 is 14.2 Å². The lowest BCUT2D eigenvalue weighted by Gasteiger charge is -2.25. The number of hydrogen-bond donors (Lipinski definition) is 0. The maximum atomic E-state index is 12.0. The van der Waals surface area contributed by atoms with Crippen LogP contribution in [-0.4, -0.2) is 21.5 Å². The molecule has 5 rings (SSSR count). The van der Waals surface area contributed by atoms with E-state index < -0.39 is 0 Å². The zero-order valence-electron chi connectivity index (χ0n) is 11.8. The molecule has 23 heavy (non-hydrogen) atoms. The molecule has 3 aromatic rings. The van der Waals surface area contributed by atoms with Gasteiger partial charge in [0.1, 0.15) is 16.8 Å². The highest BCUT2D eigenvalue weighted by Crippen LogP contribution is 2.44. The predicted molar refractivity (Wildman–Crippen MR) is 82.1 cm³/mol. The Morgan fingerprint density at radius 2 is 1.91 bits per heavy atom. The average molecular weight is 326 g/mol. The molecular formula is C16H10N2O4S. The summed E-state index contributed by atoms with van der Waals surface area (Å²) in [5.41, 5.74) is 3.50. The normalized spacial score (nSPS) is 18.8. The van der Waals surface area contributed by atoms with Crippen molar-refractivity contribution in [3.63, 3.8) is 0 Å². The first-order valence-electron chi connectivity index (χ1n) is 7.15. The van der Waals surface area contributed by atoms with Crippen LogP contribution in [0, 0.1) is 0 Å². The summed E-state index contributed by atoms with van der Waals surface area (Å²) in [4.78, 5) is 12.0. The second-order valence-electron chi connectivity index (χ2n) is 5.45. The number of fused-ring (bicyclic) bond motifs is 4. The third-order valence-corrected chi connectivity index (χ3v) is 4.71. The number of aromatic nitrogens is 2. The lowest BCUT2D eigenvalue weighted by Crippen LogP contribution is -2.21. The summed E-state index contributed by atoms with van der Waals surface area (Å²) in [5, 5.41) is 0. The SMILES string of the molecule is O=C1CC(c2ccc3c(c2)OCO3)c2c(ccc3nsnc23)O1. The maximum Gasteiger partial charge on any atom is 0.312 e. The van der Waals surface area contributed by atoms with E-state index in [0.29, 0.717) is 11.5 Å². The third kappa shape index (κ3) is 1.90. The number of hydrogen-bond acceptors (Lipinski definition) is 7. The van der Waals surface area contributed by atoms with E-state index in [1.54, 1.807) is 6.07 Å². The van der Waals surface area contributed by atoms with Crippen LogP contribution in [0.2, 0.25) is 0 Å². The van der Waals surface area contributed by atoms with Gasteiger partial charge in [0.05, 0.1) is 18.1 Å². The first-order chi connectivity index (χ1) is 11.3. The number of ether oxygens (including phenoxy) is 3. The summed E-state index contributed by atoms with van der Waals surface area (Å²) >= 11 is 1.16. The molecular weight excluding hydrogens is 316 g/mol. The molecule has 3 heterocycles. The van der Waals surface area contributed by atoms with Crippen molar-refractivity contribution in [1.29, 1.82) is 0 Å². The topological polar surface area (TPSA) is 70.5 Å². The Labute approximate surface area is 134 Å². The lowest BCUT2D eigenvalue weighted by atomic mass is 9.85. The summed E-state index contributed by atoms with van der Waals surface area (Å²) in [6.07, 6.45) is 0.267. The Kier molecular flexibility index (Phi) is 2.60. The molecule has 0 radical (unpaired) electrons. The zero-order chi connectivity index (χ0) is 15.4. The molecule has 0 fully saturated rings. The van der Waals surface area contributed by atoms with Crippen molar-refractivity contribution >= 4 is 28.7 Å². The van der Waals surface area contributed by atoms with Crippen LogP contribution >= 0.6 is 11.7 Å². The van der Waals surface area contributed by atoms with Gasteiger partial charge in [-0.3, -0.25) is 4.79 Å². The van der Waals surface area contributed by atoms with Crippen molar-refractivity contribution in [2.75, 3.05) is 6.79 Å². The van der Waals surface area contributed by atoms with Gasteiger partial charge in [0.2, 0.25) is 6.79 Å². The molecule has 0 saturated carbocycles. The Morgan fingerprint density at radius 3 is 2.87 bits per heavy atom. The first kappa shape index (κ1) is 12.8. The van der Waals surface area contributed by atoms with E-state index in [1.807, 2.05) is 24.3 Å². The fourth-order valence-corrected chi connectivity index (χ4v) is 3.68. The van der Waals surface area contributed by atoms with Gasteiger partial charge >= 0.3 is 5.97 Å². The maximum absolute atomic E-state index is 12.0. The van der Waals surface area contributed by atoms with Gasteiger partial charge in [-0.25, -0.2) is 0 Å². The van der Waals surface area contributed by atoms with Gasteiger partial charge in [-0.2, -0.15) is 8.75 Å². The Morgan fingerprint density at radius 1 is 1.04 bits per heavy atom. The largest absolute Gasteiger partial charge is 0.454 e. The highest BCUT2D eigenvalue weighted by molar-refractivity contribution is 7.00. The number of carbonyl (C=O) groups is 1. The molecule has 0 saturated heterocycles. The van der Waals surface area contributed by atoms with E-state index in [-0.39, 0.29) is 25.1 Å². The number of carbonyl (C=O) groups excluding carboxylic acids is 1. The molecule has 0 amide bonds. The van der Waals surface area contributed by atoms with Crippen LogP contribution in [0.15, 0.2) is 30.3 Å². The standard InChI is InChI=1S/C16H10N2O4S/c19-14-6-9(8-1-3-11-13(5-8)21-7-20-11)15-12(22-14)4-2-10-16(15)18-23-17-10/h1-5,9H,6-7H2. The summed E-state index contributed by atoms with van der Waals surface area (Å²) in [7, 11) is 0. The molecule has 1 aromatic heterocycles. The number of benzene rings is 2. The average Bonchev–Trinajstić information content (AvgIpc) is 3.21. The van der Waals surface area contributed by atoms with Crippen molar-refractivity contribution in [3.05, 3.63) is 41.5 Å². The fourth-order valence-electron chi connectivity index (χ4n) is 3.13. The van der Waals surface area contributed by atoms with Gasteiger partial charge in [0, 0.05) is 11.5 Å². The number of esters is 1. The first-order valence-corrected chi connectivity index (χ1v) is 7.88. The van der Waals surface area contributed by atoms with Crippen LogP contribution in [0.3, 0.4) is 0 Å². The van der Waals surface area contributed by atoms with E-state index >= 15 is 0 Å². The molecule has 0 N–H and O–H groups in total. The smallest absolute Gasteiger partial charge is 0.312 e. The van der Waals surface area contributed by atoms with Crippen LogP contribution in [0.5, 0.6) is 17.2 Å². The minimum Gasteiger partial charge on any atom is -0.454 e. The minimum absolute atomic E-state index is 0.131. The molecule has 6 nitrogen and oxygen atoms in total. The second-order valence-corrected chi connectivity index (χ2v) is 5.98. The molecule has 7 heteroatoms. The van der Waals surface area contributed by atoms with Gasteiger partial charge in [0.15, 0.2) is 11.5 Å². The van der Waals surface area contributed by atoms with Gasteiger partial charge in [0.25, 0.3) is 0 Å². The van der Waals surface area contributed by atoms with E-state index in [9.17, 15) is 4.79 Å². The van der Waals surface area contributed by atoms with Crippen molar-refractivity contribution < 1.29 is 19.0 Å². The van der Waals surface area contributed by atoms with Crippen LogP contribution in [-0.2, 0) is 4.79 Å². The fraction of sp³-hybridized carbons (Fsp3) is 0.188. The molecule has 2 aromatic carbocycles. The van der Waals surface area contributed by atoms with Crippen LogP contribution in [0.4, 0.5) is 0 Å². The monoisotopic (exact) mass is 326 g/mol. The molecule has 114 valence electrons. The summed E-state index contributed by atoms with van der Waals surface area (Å²) < 4.78 is 24.9. The molecule has 1 atom stereocenters. The Balaban J connectivity index is 1.72. The predicted octanol–water partition coefficient (Wildman–Crippen LogP) is 2.86. The molecule has 1 unspecified atom stereocenters. The summed E-state index contributed by atoms with van der Waals surface area (Å²) in [6, 6.07) is 9.37. The van der Waals surface area contributed by atoms with Crippen LogP contribution < -0.4 is 14.2 Å². The second kappa shape index (κ2) is 4.66. The summed E-state index contributed by atoms with van der Waals surface area (Å²) in [6.45, 7) is 0.225. The number of nitrogens with zero attached hydrogens (tertiary/aromatic N) is 2. The van der Waals surface area contributed by atoms with Crippen LogP contribution in [0.25, 0.3) is 11.0 Å². The van der Waals surface area contributed by atoms with E-state index in [4.69, 9.17) is 14.2 Å². The molecule has 0 aliphatic carbocycles. The van der Waals surface area contributed by atoms with Gasteiger partial charge in [-0.15, -0.1) is 0 Å². The van der Waals surface area contributed by atoms with E-state index in [2.05, 4.69) is 8.75 Å². The summed E-state index contributed by atoms with van der Waals surface area (Å²) in [5.74, 6) is 1.60. The van der Waals surface area contributed by atoms with Crippen molar-refractivity contribution in [1.82, 2.24) is 8.75 Å². The van der Waals surface area contributed by atoms with Crippen LogP contribution in [0.1, 0.15) is 23.5 Å². The van der Waals surface area contributed by atoms with Crippen molar-refractivity contribution in [2.24, 2.45) is 0 Å². The minimum atomic E-state index is -0.247. The van der Waals surface area contributed by atoms with Crippen molar-refractivity contribution in [3.8, 4) is 17.2 Å². The Hall–Kier alpha value is -2.67. The van der Waals surface area contributed by atoms with E-state index in [0.717, 1.165) is 39.6 Å². The van der Waals surface area contributed by atoms with Crippen molar-refractivity contribution in [2.45, 2.75) is 12.3 Å². The third-order valence-electron chi connectivity index (χ3n) is 4.17. The van der Waals surface area contributed by atoms with Gasteiger partial charge in [-0.05, 0) is 29.8 Å². The van der Waals surface area contributed by atoms with Gasteiger partial charge in [-0.1, -0.05) is 6.07 Å².